The number of benzene rings is 4. The number of esters is 1. The number of imidazole rings is 1. The van der Waals surface area contributed by atoms with Gasteiger partial charge in [0, 0.05) is 0 Å². The minimum absolute atomic E-state index is 0.194. The van der Waals surface area contributed by atoms with Crippen molar-refractivity contribution in [1.82, 2.24) is 9.55 Å². The Morgan fingerprint density at radius 2 is 1.35 bits per heavy atom. The van der Waals surface area contributed by atoms with E-state index in [2.05, 4.69) is 46.5 Å². The largest absolute Gasteiger partial charge is 0.846 e. The van der Waals surface area contributed by atoms with Crippen LogP contribution < -0.4 is 26.1 Å². The monoisotopic (exact) mass is 550 g/mol. The molecule has 202 valence electrons. The SMILES string of the molecule is CC(C)COC(=O)CN=C([O-])n1c(N[P+](c2ccccc2)(c2ccccc2)c2ccccc2)nc2ccccc21. The van der Waals surface area contributed by atoms with Gasteiger partial charge in [0.2, 0.25) is 13.4 Å². The summed E-state index contributed by atoms with van der Waals surface area (Å²) in [5, 5.41) is 20.6. The molecule has 4 aromatic carbocycles. The van der Waals surface area contributed by atoms with Gasteiger partial charge in [-0.15, -0.1) is 0 Å². The molecule has 0 aliphatic rings. The summed E-state index contributed by atoms with van der Waals surface area (Å²) >= 11 is 0. The zero-order chi connectivity index (χ0) is 28.0. The number of fused-ring (bicyclic) bond motifs is 1. The number of carbonyl (C=O) groups is 1. The minimum Gasteiger partial charge on any atom is -0.846 e. The molecule has 5 rings (SSSR count). The van der Waals surface area contributed by atoms with Crippen molar-refractivity contribution in [3.05, 3.63) is 115 Å². The lowest BCUT2D eigenvalue weighted by Gasteiger charge is -2.28. The quantitative estimate of drug-likeness (QED) is 0.129. The number of hydrogen-bond donors (Lipinski definition) is 1. The van der Waals surface area contributed by atoms with Gasteiger partial charge in [-0.2, -0.15) is 0 Å². The van der Waals surface area contributed by atoms with Crippen molar-refractivity contribution in [1.29, 1.82) is 0 Å². The average Bonchev–Trinajstić information content (AvgIpc) is 3.37. The molecule has 0 bridgehead atoms. The number of rotatable bonds is 9. The molecule has 0 fully saturated rings. The zero-order valence-corrected chi connectivity index (χ0v) is 23.4. The van der Waals surface area contributed by atoms with E-state index >= 15 is 0 Å². The van der Waals surface area contributed by atoms with Crippen LogP contribution in [-0.4, -0.2) is 34.7 Å². The molecule has 0 unspecified atom stereocenters. The molecule has 0 spiro atoms. The lowest BCUT2D eigenvalue weighted by Crippen LogP contribution is -2.38. The van der Waals surface area contributed by atoms with Gasteiger partial charge in [0.1, 0.15) is 22.5 Å². The van der Waals surface area contributed by atoms with E-state index in [0.717, 1.165) is 15.9 Å². The van der Waals surface area contributed by atoms with E-state index in [0.29, 0.717) is 17.0 Å². The van der Waals surface area contributed by atoms with Gasteiger partial charge in [-0.25, -0.2) is 10.1 Å². The number of aliphatic imine (C=N–C) groups is 1. The number of nitrogens with one attached hydrogen (secondary N) is 1. The fraction of sp³-hybridized carbons (Fsp3) is 0.156. The van der Waals surface area contributed by atoms with Gasteiger partial charge in [-0.1, -0.05) is 80.6 Å². The van der Waals surface area contributed by atoms with Crippen LogP contribution in [0.25, 0.3) is 11.0 Å². The molecule has 0 saturated carbocycles. The number of anilines is 1. The fourth-order valence-corrected chi connectivity index (χ4v) is 8.14. The number of ether oxygens (including phenoxy) is 1. The number of para-hydroxylation sites is 2. The van der Waals surface area contributed by atoms with E-state index in [4.69, 9.17) is 9.72 Å². The van der Waals surface area contributed by atoms with Crippen LogP contribution in [0.5, 0.6) is 0 Å². The van der Waals surface area contributed by atoms with Crippen LogP contribution in [0.2, 0.25) is 0 Å². The number of aromatic nitrogens is 2. The standard InChI is InChI=1S/C32H31N4O3P/c1-24(2)23-39-30(37)22-33-32(38)36-29-21-13-12-20-28(29)34-31(36)35-40(25-14-6-3-7-15-25,26-16-8-4-9-17-26)27-18-10-5-11-19-27/h3-21,24H,22-23H2,1-2H3,(H-,33,34,35,38). The van der Waals surface area contributed by atoms with Crippen molar-refractivity contribution in [2.24, 2.45) is 10.9 Å². The van der Waals surface area contributed by atoms with Crippen LogP contribution in [0.1, 0.15) is 13.8 Å². The summed E-state index contributed by atoms with van der Waals surface area (Å²) < 4.78 is 6.68. The van der Waals surface area contributed by atoms with Gasteiger partial charge >= 0.3 is 5.97 Å². The summed E-state index contributed by atoms with van der Waals surface area (Å²) in [5.74, 6) is 0.00942. The van der Waals surface area contributed by atoms with E-state index in [1.54, 1.807) is 0 Å². The maximum absolute atomic E-state index is 13.6. The van der Waals surface area contributed by atoms with Crippen LogP contribution in [0.3, 0.4) is 0 Å². The van der Waals surface area contributed by atoms with Crippen LogP contribution in [-0.2, 0) is 9.53 Å². The third kappa shape index (κ3) is 5.61. The molecule has 0 amide bonds. The number of carbonyl (C=O) groups excluding carboxylic acids is 1. The first kappa shape index (κ1) is 27.1. The second-order valence-electron chi connectivity index (χ2n) is 9.72. The smallest absolute Gasteiger partial charge is 0.327 e. The summed E-state index contributed by atoms with van der Waals surface area (Å²) in [6.07, 6.45) is 0. The molecule has 0 atom stereocenters. The van der Waals surface area contributed by atoms with E-state index in [1.165, 1.54) is 4.57 Å². The second kappa shape index (κ2) is 12.1. The van der Waals surface area contributed by atoms with Gasteiger partial charge in [0.25, 0.3) is 0 Å². The third-order valence-electron chi connectivity index (χ3n) is 6.37. The van der Waals surface area contributed by atoms with E-state index in [1.807, 2.05) is 92.7 Å². The first-order valence-electron chi connectivity index (χ1n) is 13.2. The molecule has 7 nitrogen and oxygen atoms in total. The number of nitrogens with zero attached hydrogens (tertiary/aromatic N) is 3. The normalized spacial score (nSPS) is 12.0. The Kier molecular flexibility index (Phi) is 8.23. The number of hydrogen-bond acceptors (Lipinski definition) is 6. The topological polar surface area (TPSA) is 91.6 Å². The Hall–Kier alpha value is -4.48. The Balaban J connectivity index is 1.68. The van der Waals surface area contributed by atoms with E-state index < -0.39 is 19.4 Å². The summed E-state index contributed by atoms with van der Waals surface area (Å²) in [7, 11) is -2.58. The third-order valence-corrected chi connectivity index (χ3v) is 10.1. The maximum Gasteiger partial charge on any atom is 0.327 e. The van der Waals surface area contributed by atoms with Gasteiger partial charge in [0.15, 0.2) is 0 Å². The van der Waals surface area contributed by atoms with Gasteiger partial charge in [-0.3, -0.25) is 14.4 Å². The summed E-state index contributed by atoms with van der Waals surface area (Å²) in [4.78, 5) is 21.2. The molecular weight excluding hydrogens is 519 g/mol. The fourth-order valence-electron chi connectivity index (χ4n) is 4.55. The molecule has 5 aromatic rings. The highest BCUT2D eigenvalue weighted by molar-refractivity contribution is 7.96. The maximum atomic E-state index is 13.6. The summed E-state index contributed by atoms with van der Waals surface area (Å²) in [6, 6.07) is 37.5. The van der Waals surface area contributed by atoms with Crippen molar-refractivity contribution in [3.8, 4) is 0 Å². The van der Waals surface area contributed by atoms with Crippen LogP contribution in [0.15, 0.2) is 120 Å². The molecule has 8 heteroatoms. The Morgan fingerprint density at radius 3 is 1.88 bits per heavy atom. The summed E-state index contributed by atoms with van der Waals surface area (Å²) in [5.41, 5.74) is 1.24. The van der Waals surface area contributed by atoms with Crippen molar-refractivity contribution < 1.29 is 14.6 Å². The van der Waals surface area contributed by atoms with Crippen molar-refractivity contribution in [2.45, 2.75) is 13.8 Å². The lowest BCUT2D eigenvalue weighted by atomic mass is 10.2. The minimum atomic E-state index is -2.58. The average molecular weight is 551 g/mol. The highest BCUT2D eigenvalue weighted by atomic mass is 31.2. The molecule has 0 saturated heterocycles. The first-order valence-corrected chi connectivity index (χ1v) is 15.0. The van der Waals surface area contributed by atoms with Crippen LogP contribution in [0, 0.1) is 5.92 Å². The van der Waals surface area contributed by atoms with E-state index in [9.17, 15) is 9.90 Å². The second-order valence-corrected chi connectivity index (χ2v) is 12.8. The Bertz CT molecular complexity index is 1510. The summed E-state index contributed by atoms with van der Waals surface area (Å²) in [6.45, 7) is 3.81. The van der Waals surface area contributed by atoms with Crippen LogP contribution in [0.4, 0.5) is 5.95 Å². The molecule has 1 aromatic heterocycles. The Labute approximate surface area is 234 Å². The van der Waals surface area contributed by atoms with Crippen molar-refractivity contribution in [3.63, 3.8) is 0 Å². The molecular formula is C32H31N4O3P. The zero-order valence-electron chi connectivity index (χ0n) is 22.5. The predicted molar refractivity (Wildman–Crippen MR) is 162 cm³/mol. The molecule has 0 aliphatic heterocycles. The molecule has 0 aliphatic carbocycles. The predicted octanol–water partition coefficient (Wildman–Crippen LogP) is 4.12. The van der Waals surface area contributed by atoms with Crippen molar-refractivity contribution >= 4 is 52.3 Å². The highest BCUT2D eigenvalue weighted by Crippen LogP contribution is 2.54. The molecule has 40 heavy (non-hydrogen) atoms. The van der Waals surface area contributed by atoms with Gasteiger partial charge in [0.05, 0.1) is 23.7 Å². The Morgan fingerprint density at radius 1 is 0.850 bits per heavy atom. The van der Waals surface area contributed by atoms with E-state index in [-0.39, 0.29) is 19.1 Å². The molecule has 0 radical (unpaired) electrons. The lowest BCUT2D eigenvalue weighted by molar-refractivity contribution is -0.221. The first-order chi connectivity index (χ1) is 19.5. The van der Waals surface area contributed by atoms with Crippen molar-refractivity contribution in [2.75, 3.05) is 18.2 Å². The van der Waals surface area contributed by atoms with Gasteiger partial charge in [-0.05, 0) is 54.4 Å². The molecule has 1 heterocycles. The van der Waals surface area contributed by atoms with Gasteiger partial charge < -0.3 is 9.84 Å². The molecule has 1 N–H and O–H groups in total. The highest BCUT2D eigenvalue weighted by Gasteiger charge is 2.47. The van der Waals surface area contributed by atoms with Crippen LogP contribution >= 0.6 is 7.41 Å².